The molecule has 1 amide bonds. The van der Waals surface area contributed by atoms with Gasteiger partial charge in [-0.05, 0) is 56.2 Å². The van der Waals surface area contributed by atoms with E-state index in [0.717, 1.165) is 62.6 Å². The maximum Gasteiger partial charge on any atom is 0.251 e. The molecule has 128 valence electrons. The number of nitrogens with zero attached hydrogens (tertiary/aromatic N) is 2. The van der Waals surface area contributed by atoms with Crippen molar-refractivity contribution in [2.75, 3.05) is 32.8 Å². The zero-order valence-corrected chi connectivity index (χ0v) is 14.5. The van der Waals surface area contributed by atoms with Gasteiger partial charge in [-0.3, -0.25) is 4.79 Å². The van der Waals surface area contributed by atoms with Gasteiger partial charge in [-0.25, -0.2) is 0 Å². The van der Waals surface area contributed by atoms with Crippen LogP contribution in [0.4, 0.5) is 0 Å². The van der Waals surface area contributed by atoms with Crippen molar-refractivity contribution >= 4 is 23.2 Å². The minimum absolute atomic E-state index is 0.175. The standard InChI is InChI=1S/C17H27N3O2S/c21-16(15-2-1-9-22-15)19-5-7-20(8-6-19)17(23)18-14-11-12-3-4-13(14)10-12/h12-15H,1-11H2,(H,18,23)/t12-,13-,14-,15-/m1/s1. The fraction of sp³-hybridized carbons (Fsp3) is 0.882. The van der Waals surface area contributed by atoms with E-state index in [1.54, 1.807) is 0 Å². The highest BCUT2D eigenvalue weighted by Crippen LogP contribution is 2.44. The fourth-order valence-corrected chi connectivity index (χ4v) is 5.11. The van der Waals surface area contributed by atoms with Gasteiger partial charge < -0.3 is 19.9 Å². The molecule has 0 aromatic rings. The molecule has 4 atom stereocenters. The molecule has 2 saturated heterocycles. The van der Waals surface area contributed by atoms with E-state index in [2.05, 4.69) is 10.2 Å². The highest BCUT2D eigenvalue weighted by molar-refractivity contribution is 7.80. The molecule has 6 heteroatoms. The molecule has 0 aromatic carbocycles. The van der Waals surface area contributed by atoms with Crippen molar-refractivity contribution in [2.45, 2.75) is 50.7 Å². The molecule has 4 rings (SSSR count). The van der Waals surface area contributed by atoms with E-state index in [-0.39, 0.29) is 12.0 Å². The Morgan fingerprint density at radius 2 is 1.83 bits per heavy atom. The molecule has 23 heavy (non-hydrogen) atoms. The number of hydrogen-bond donors (Lipinski definition) is 1. The first kappa shape index (κ1) is 15.6. The van der Waals surface area contributed by atoms with E-state index in [1.807, 2.05) is 4.90 Å². The number of carbonyl (C=O) groups excluding carboxylic acids is 1. The zero-order chi connectivity index (χ0) is 15.8. The fourth-order valence-electron chi connectivity index (χ4n) is 4.78. The molecule has 2 saturated carbocycles. The number of thiocarbonyl (C=S) groups is 1. The van der Waals surface area contributed by atoms with Gasteiger partial charge in [0.05, 0.1) is 0 Å². The lowest BCUT2D eigenvalue weighted by atomic mass is 9.95. The van der Waals surface area contributed by atoms with Gasteiger partial charge in [0.1, 0.15) is 6.10 Å². The van der Waals surface area contributed by atoms with Crippen molar-refractivity contribution in [2.24, 2.45) is 11.8 Å². The highest BCUT2D eigenvalue weighted by atomic mass is 32.1. The summed E-state index contributed by atoms with van der Waals surface area (Å²) in [6.07, 6.45) is 7.16. The summed E-state index contributed by atoms with van der Waals surface area (Å²) in [5, 5.41) is 4.50. The lowest BCUT2D eigenvalue weighted by Gasteiger charge is -2.38. The predicted octanol–water partition coefficient (Wildman–Crippen LogP) is 1.37. The van der Waals surface area contributed by atoms with Crippen LogP contribution in [0.15, 0.2) is 0 Å². The quantitative estimate of drug-likeness (QED) is 0.771. The Balaban J connectivity index is 1.24. The molecule has 1 N–H and O–H groups in total. The average molecular weight is 337 g/mol. The van der Waals surface area contributed by atoms with Crippen LogP contribution in [0.3, 0.4) is 0 Å². The second kappa shape index (κ2) is 6.55. The number of ether oxygens (including phenoxy) is 1. The van der Waals surface area contributed by atoms with Crippen LogP contribution in [-0.4, -0.2) is 65.8 Å². The van der Waals surface area contributed by atoms with Crippen LogP contribution in [0, 0.1) is 11.8 Å². The smallest absolute Gasteiger partial charge is 0.251 e. The lowest BCUT2D eigenvalue weighted by Crippen LogP contribution is -2.56. The molecule has 2 heterocycles. The third kappa shape index (κ3) is 3.20. The van der Waals surface area contributed by atoms with E-state index in [4.69, 9.17) is 17.0 Å². The van der Waals surface area contributed by atoms with Gasteiger partial charge in [0.25, 0.3) is 5.91 Å². The van der Waals surface area contributed by atoms with Crippen molar-refractivity contribution in [3.63, 3.8) is 0 Å². The Labute approximate surface area is 143 Å². The predicted molar refractivity (Wildman–Crippen MR) is 92.1 cm³/mol. The number of amides is 1. The van der Waals surface area contributed by atoms with Gasteiger partial charge in [0, 0.05) is 38.8 Å². The molecular weight excluding hydrogens is 310 g/mol. The van der Waals surface area contributed by atoms with Crippen molar-refractivity contribution in [1.82, 2.24) is 15.1 Å². The number of rotatable bonds is 2. The first-order chi connectivity index (χ1) is 11.2. The summed E-state index contributed by atoms with van der Waals surface area (Å²) in [5.74, 6) is 1.94. The number of fused-ring (bicyclic) bond motifs is 2. The zero-order valence-electron chi connectivity index (χ0n) is 13.7. The summed E-state index contributed by atoms with van der Waals surface area (Å²) in [5.41, 5.74) is 0. The molecule has 0 radical (unpaired) electrons. The maximum absolute atomic E-state index is 12.4. The molecule has 0 spiro atoms. The largest absolute Gasteiger partial charge is 0.368 e. The van der Waals surface area contributed by atoms with Crippen LogP contribution < -0.4 is 5.32 Å². The third-order valence-electron chi connectivity index (χ3n) is 6.13. The number of nitrogens with one attached hydrogen (secondary N) is 1. The van der Waals surface area contributed by atoms with Crippen molar-refractivity contribution in [3.8, 4) is 0 Å². The van der Waals surface area contributed by atoms with Crippen LogP contribution in [0.25, 0.3) is 0 Å². The second-order valence-corrected chi connectivity index (χ2v) is 7.93. The molecule has 2 bridgehead atoms. The van der Waals surface area contributed by atoms with Crippen LogP contribution in [0.2, 0.25) is 0 Å². The summed E-state index contributed by atoms with van der Waals surface area (Å²) in [6.45, 7) is 3.93. The minimum atomic E-state index is -0.194. The van der Waals surface area contributed by atoms with E-state index < -0.39 is 0 Å². The normalized spacial score (nSPS) is 36.5. The molecule has 0 unspecified atom stereocenters. The minimum Gasteiger partial charge on any atom is -0.368 e. The van der Waals surface area contributed by atoms with Gasteiger partial charge in [0.2, 0.25) is 0 Å². The lowest BCUT2D eigenvalue weighted by molar-refractivity contribution is -0.142. The molecule has 0 aromatic heterocycles. The van der Waals surface area contributed by atoms with Crippen molar-refractivity contribution < 1.29 is 9.53 Å². The van der Waals surface area contributed by atoms with E-state index in [1.165, 1.54) is 25.7 Å². The van der Waals surface area contributed by atoms with Crippen LogP contribution in [0.5, 0.6) is 0 Å². The Morgan fingerprint density at radius 1 is 1.04 bits per heavy atom. The third-order valence-corrected chi connectivity index (χ3v) is 6.51. The molecule has 4 fully saturated rings. The molecular formula is C17H27N3O2S. The first-order valence-corrected chi connectivity index (χ1v) is 9.57. The molecule has 2 aliphatic heterocycles. The summed E-state index contributed by atoms with van der Waals surface area (Å²) in [4.78, 5) is 16.6. The first-order valence-electron chi connectivity index (χ1n) is 9.16. The van der Waals surface area contributed by atoms with Crippen molar-refractivity contribution in [3.05, 3.63) is 0 Å². The topological polar surface area (TPSA) is 44.8 Å². The number of hydrogen-bond acceptors (Lipinski definition) is 3. The Hall–Kier alpha value is -0.880. The van der Waals surface area contributed by atoms with Crippen molar-refractivity contribution in [1.29, 1.82) is 0 Å². The van der Waals surface area contributed by atoms with Crippen LogP contribution in [0.1, 0.15) is 38.5 Å². The Bertz CT molecular complexity index is 472. The monoisotopic (exact) mass is 337 g/mol. The van der Waals surface area contributed by atoms with Gasteiger partial charge in [-0.2, -0.15) is 0 Å². The maximum atomic E-state index is 12.4. The summed E-state index contributed by atoms with van der Waals surface area (Å²) in [6, 6.07) is 0.591. The highest BCUT2D eigenvalue weighted by Gasteiger charge is 2.40. The van der Waals surface area contributed by atoms with Gasteiger partial charge in [-0.15, -0.1) is 0 Å². The Kier molecular flexibility index (Phi) is 4.46. The summed E-state index contributed by atoms with van der Waals surface area (Å²) < 4.78 is 5.52. The van der Waals surface area contributed by atoms with Gasteiger partial charge in [0.15, 0.2) is 5.11 Å². The molecule has 2 aliphatic carbocycles. The molecule has 4 aliphatic rings. The number of piperazine rings is 1. The van der Waals surface area contributed by atoms with E-state index in [0.29, 0.717) is 6.04 Å². The SMILES string of the molecule is O=C([C@H]1CCCO1)N1CCN(C(=S)N[C@@H]2C[C@@H]3CC[C@@H]2C3)CC1. The van der Waals surface area contributed by atoms with E-state index >= 15 is 0 Å². The van der Waals surface area contributed by atoms with Gasteiger partial charge in [-0.1, -0.05) is 6.42 Å². The summed E-state index contributed by atoms with van der Waals surface area (Å²) in [7, 11) is 0. The Morgan fingerprint density at radius 3 is 2.43 bits per heavy atom. The van der Waals surface area contributed by atoms with Gasteiger partial charge >= 0.3 is 0 Å². The van der Waals surface area contributed by atoms with Crippen LogP contribution >= 0.6 is 12.2 Å². The average Bonchev–Trinajstić information content (AvgIpc) is 3.32. The second-order valence-electron chi connectivity index (χ2n) is 7.54. The molecule has 5 nitrogen and oxygen atoms in total. The number of carbonyl (C=O) groups is 1. The van der Waals surface area contributed by atoms with Crippen LogP contribution in [-0.2, 0) is 9.53 Å². The summed E-state index contributed by atoms with van der Waals surface area (Å²) >= 11 is 5.62. The van der Waals surface area contributed by atoms with E-state index in [9.17, 15) is 4.79 Å².